The lowest BCUT2D eigenvalue weighted by Crippen LogP contribution is -2.19. The Balaban J connectivity index is 0.000000297. The molecule has 3 rings (SSSR count). The molecular weight excluding hydrogens is 372 g/mol. The Morgan fingerprint density at radius 2 is 1.13 bits per heavy atom. The molecule has 0 aromatic heterocycles. The SMILES string of the molecule is CCc1cc(C(C)(C)c2ccc(O)c(CC)c2)ccc1O.Cc1cccc(O)c1C. The molecule has 0 aliphatic rings. The lowest BCUT2D eigenvalue weighted by molar-refractivity contribution is 0.467. The second kappa shape index (κ2) is 9.71. The highest BCUT2D eigenvalue weighted by Crippen LogP contribution is 2.35. The average molecular weight is 407 g/mol. The summed E-state index contributed by atoms with van der Waals surface area (Å²) in [7, 11) is 0. The van der Waals surface area contributed by atoms with Crippen molar-refractivity contribution in [1.29, 1.82) is 0 Å². The molecule has 0 aliphatic carbocycles. The van der Waals surface area contributed by atoms with Crippen LogP contribution >= 0.6 is 0 Å². The third-order valence-corrected chi connectivity index (χ3v) is 5.94. The number of phenols is 3. The van der Waals surface area contributed by atoms with Gasteiger partial charge in [0.15, 0.2) is 0 Å². The van der Waals surface area contributed by atoms with E-state index in [0.29, 0.717) is 17.2 Å². The van der Waals surface area contributed by atoms with Crippen LogP contribution in [0.25, 0.3) is 0 Å². The van der Waals surface area contributed by atoms with Crippen LogP contribution in [0.5, 0.6) is 17.2 Å². The molecule has 3 heteroatoms. The van der Waals surface area contributed by atoms with E-state index >= 15 is 0 Å². The van der Waals surface area contributed by atoms with Gasteiger partial charge in [0.1, 0.15) is 17.2 Å². The van der Waals surface area contributed by atoms with Crippen LogP contribution in [0.2, 0.25) is 0 Å². The van der Waals surface area contributed by atoms with Crippen molar-refractivity contribution in [2.24, 2.45) is 0 Å². The Kier molecular flexibility index (Phi) is 7.55. The monoisotopic (exact) mass is 406 g/mol. The van der Waals surface area contributed by atoms with Crippen molar-refractivity contribution >= 4 is 0 Å². The van der Waals surface area contributed by atoms with Crippen molar-refractivity contribution in [3.8, 4) is 17.2 Å². The summed E-state index contributed by atoms with van der Waals surface area (Å²) in [6, 6.07) is 17.2. The maximum atomic E-state index is 9.86. The van der Waals surface area contributed by atoms with E-state index in [4.69, 9.17) is 5.11 Å². The fourth-order valence-electron chi connectivity index (χ4n) is 3.42. The van der Waals surface area contributed by atoms with E-state index in [1.165, 1.54) is 11.1 Å². The fraction of sp³-hybridized carbons (Fsp3) is 0.333. The van der Waals surface area contributed by atoms with E-state index in [-0.39, 0.29) is 5.41 Å². The molecular formula is C27H34O3. The number of hydrogen-bond donors (Lipinski definition) is 3. The summed E-state index contributed by atoms with van der Waals surface area (Å²) in [5.41, 5.74) is 6.21. The Morgan fingerprint density at radius 3 is 1.50 bits per heavy atom. The second-order valence-electron chi connectivity index (χ2n) is 8.24. The van der Waals surface area contributed by atoms with Crippen LogP contribution in [-0.2, 0) is 18.3 Å². The van der Waals surface area contributed by atoms with Crippen molar-refractivity contribution in [2.75, 3.05) is 0 Å². The van der Waals surface area contributed by atoms with Crippen LogP contribution in [0, 0.1) is 13.8 Å². The van der Waals surface area contributed by atoms with Crippen LogP contribution in [-0.4, -0.2) is 15.3 Å². The van der Waals surface area contributed by atoms with Gasteiger partial charge in [-0.2, -0.15) is 0 Å². The van der Waals surface area contributed by atoms with E-state index in [9.17, 15) is 10.2 Å². The van der Waals surface area contributed by atoms with Gasteiger partial charge in [-0.15, -0.1) is 0 Å². The topological polar surface area (TPSA) is 60.7 Å². The van der Waals surface area contributed by atoms with Gasteiger partial charge >= 0.3 is 0 Å². The molecule has 160 valence electrons. The third-order valence-electron chi connectivity index (χ3n) is 5.94. The van der Waals surface area contributed by atoms with Crippen LogP contribution in [0.4, 0.5) is 0 Å². The molecule has 30 heavy (non-hydrogen) atoms. The zero-order chi connectivity index (χ0) is 22.5. The van der Waals surface area contributed by atoms with Crippen molar-refractivity contribution in [2.45, 2.75) is 59.8 Å². The van der Waals surface area contributed by atoms with Crippen molar-refractivity contribution < 1.29 is 15.3 Å². The van der Waals surface area contributed by atoms with Gasteiger partial charge in [-0.25, -0.2) is 0 Å². The van der Waals surface area contributed by atoms with Crippen LogP contribution < -0.4 is 0 Å². The number of phenolic OH excluding ortho intramolecular Hbond substituents is 3. The third kappa shape index (κ3) is 5.15. The molecule has 3 N–H and O–H groups in total. The van der Waals surface area contributed by atoms with Crippen LogP contribution in [0.15, 0.2) is 54.6 Å². The molecule has 0 radical (unpaired) electrons. The summed E-state index contributed by atoms with van der Waals surface area (Å²) in [5, 5.41) is 28.8. The van der Waals surface area contributed by atoms with Gasteiger partial charge in [0.25, 0.3) is 0 Å². The first kappa shape index (κ1) is 23.3. The van der Waals surface area contributed by atoms with Gasteiger partial charge in [-0.05, 0) is 78.3 Å². The Morgan fingerprint density at radius 1 is 0.667 bits per heavy atom. The highest BCUT2D eigenvalue weighted by atomic mass is 16.3. The maximum Gasteiger partial charge on any atom is 0.118 e. The van der Waals surface area contributed by atoms with Gasteiger partial charge in [-0.1, -0.05) is 64.1 Å². The molecule has 0 spiro atoms. The lowest BCUT2D eigenvalue weighted by Gasteiger charge is -2.27. The summed E-state index contributed by atoms with van der Waals surface area (Å²) in [6.07, 6.45) is 1.62. The predicted octanol–water partition coefficient (Wildman–Crippen LogP) is 6.56. The molecule has 0 heterocycles. The maximum absolute atomic E-state index is 9.86. The van der Waals surface area contributed by atoms with Crippen molar-refractivity contribution in [1.82, 2.24) is 0 Å². The number of rotatable bonds is 4. The number of aryl methyl sites for hydroxylation is 3. The molecule has 0 atom stereocenters. The van der Waals surface area contributed by atoms with Crippen LogP contribution in [0.1, 0.15) is 61.1 Å². The van der Waals surface area contributed by atoms with Gasteiger partial charge in [0.05, 0.1) is 0 Å². The summed E-state index contributed by atoms with van der Waals surface area (Å²) >= 11 is 0. The zero-order valence-corrected chi connectivity index (χ0v) is 19.0. The summed E-state index contributed by atoms with van der Waals surface area (Å²) in [5.74, 6) is 1.10. The first-order valence-corrected chi connectivity index (χ1v) is 10.5. The molecule has 3 aromatic carbocycles. The average Bonchev–Trinajstić information content (AvgIpc) is 2.72. The Bertz CT molecular complexity index is 927. The molecule has 0 saturated heterocycles. The first-order valence-electron chi connectivity index (χ1n) is 10.5. The second-order valence-corrected chi connectivity index (χ2v) is 8.24. The molecule has 0 aliphatic heterocycles. The minimum Gasteiger partial charge on any atom is -0.508 e. The van der Waals surface area contributed by atoms with E-state index < -0.39 is 0 Å². The van der Waals surface area contributed by atoms with Gasteiger partial charge in [-0.3, -0.25) is 0 Å². The summed E-state index contributed by atoms with van der Waals surface area (Å²) in [4.78, 5) is 0. The van der Waals surface area contributed by atoms with E-state index in [2.05, 4.69) is 26.0 Å². The minimum atomic E-state index is -0.171. The fourth-order valence-corrected chi connectivity index (χ4v) is 3.42. The molecule has 0 amide bonds. The largest absolute Gasteiger partial charge is 0.508 e. The van der Waals surface area contributed by atoms with E-state index in [0.717, 1.165) is 35.1 Å². The smallest absolute Gasteiger partial charge is 0.118 e. The first-order chi connectivity index (χ1) is 14.1. The minimum absolute atomic E-state index is 0.171. The van der Waals surface area contributed by atoms with E-state index in [1.807, 2.05) is 52.0 Å². The van der Waals surface area contributed by atoms with E-state index in [1.54, 1.807) is 18.2 Å². The number of hydrogen-bond acceptors (Lipinski definition) is 3. The number of aromatic hydroxyl groups is 3. The molecule has 3 aromatic rings. The van der Waals surface area contributed by atoms with Gasteiger partial charge in [0.2, 0.25) is 0 Å². The zero-order valence-electron chi connectivity index (χ0n) is 19.0. The summed E-state index contributed by atoms with van der Waals surface area (Å²) < 4.78 is 0. The highest BCUT2D eigenvalue weighted by molar-refractivity contribution is 5.47. The standard InChI is InChI=1S/C19H24O2.C8H10O/c1-5-13-11-15(7-9-17(13)20)19(3,4)16-8-10-18(21)14(6-2)12-16;1-6-4-3-5-8(9)7(6)2/h7-12,20-21H,5-6H2,1-4H3;3-5,9H,1-2H3. The Hall–Kier alpha value is -2.94. The van der Waals surface area contributed by atoms with Gasteiger partial charge in [0, 0.05) is 5.41 Å². The summed E-state index contributed by atoms with van der Waals surface area (Å²) in [6.45, 7) is 12.3. The quantitative estimate of drug-likeness (QED) is 0.460. The molecule has 0 fully saturated rings. The molecule has 3 nitrogen and oxygen atoms in total. The number of benzene rings is 3. The highest BCUT2D eigenvalue weighted by Gasteiger charge is 2.24. The normalized spacial score (nSPS) is 11.0. The molecule has 0 bridgehead atoms. The van der Waals surface area contributed by atoms with Crippen LogP contribution in [0.3, 0.4) is 0 Å². The Labute approximate surface area is 180 Å². The molecule has 0 unspecified atom stereocenters. The lowest BCUT2D eigenvalue weighted by atomic mass is 9.77. The van der Waals surface area contributed by atoms with Crippen molar-refractivity contribution in [3.63, 3.8) is 0 Å². The molecule has 0 saturated carbocycles. The van der Waals surface area contributed by atoms with Gasteiger partial charge < -0.3 is 15.3 Å². The predicted molar refractivity (Wildman–Crippen MR) is 125 cm³/mol. The van der Waals surface area contributed by atoms with Crippen molar-refractivity contribution in [3.05, 3.63) is 88.0 Å².